The predicted molar refractivity (Wildman–Crippen MR) is 93.0 cm³/mol. The van der Waals surface area contributed by atoms with Crippen LogP contribution in [0, 0.1) is 11.3 Å². The zero-order valence-electron chi connectivity index (χ0n) is 13.0. The summed E-state index contributed by atoms with van der Waals surface area (Å²) in [5.41, 5.74) is 4.22. The van der Waals surface area contributed by atoms with Gasteiger partial charge in [-0.15, -0.1) is 0 Å². The first kappa shape index (κ1) is 18.6. The van der Waals surface area contributed by atoms with Gasteiger partial charge in [0.15, 0.2) is 5.11 Å². The average Bonchev–Trinajstić information content (AvgIpc) is 2.58. The maximum absolute atomic E-state index is 10.9. The number of unbranched alkanes of at least 4 members (excludes halogenated alkanes) is 2. The summed E-state index contributed by atoms with van der Waals surface area (Å²) in [4.78, 5) is 10.9. The lowest BCUT2D eigenvalue weighted by atomic mass is 10.2. The van der Waals surface area contributed by atoms with E-state index in [1.807, 2.05) is 12.1 Å². The summed E-state index contributed by atoms with van der Waals surface area (Å²) in [6, 6.07) is 9.13. The van der Waals surface area contributed by atoms with E-state index in [1.165, 1.54) is 7.11 Å². The van der Waals surface area contributed by atoms with E-state index in [-0.39, 0.29) is 5.97 Å². The molecule has 0 aromatic heterocycles. The molecule has 122 valence electrons. The number of hydrazone groups is 1. The zero-order valence-corrected chi connectivity index (χ0v) is 13.9. The highest BCUT2D eigenvalue weighted by Gasteiger charge is 1.99. The summed E-state index contributed by atoms with van der Waals surface area (Å²) in [6.07, 6.45) is 4.74. The molecule has 0 aliphatic heterocycles. The summed E-state index contributed by atoms with van der Waals surface area (Å²) < 4.78 is 4.57. The number of hydrogen-bond acceptors (Lipinski definition) is 5. The third kappa shape index (κ3) is 8.53. The number of esters is 1. The molecule has 0 saturated carbocycles. The fourth-order valence-corrected chi connectivity index (χ4v) is 1.88. The highest BCUT2D eigenvalue weighted by Crippen LogP contribution is 2.01. The van der Waals surface area contributed by atoms with Gasteiger partial charge < -0.3 is 10.1 Å². The maximum atomic E-state index is 10.9. The van der Waals surface area contributed by atoms with Crippen molar-refractivity contribution in [2.24, 2.45) is 5.10 Å². The van der Waals surface area contributed by atoms with Crippen LogP contribution in [0.3, 0.4) is 0 Å². The molecule has 0 aliphatic carbocycles. The van der Waals surface area contributed by atoms with Crippen LogP contribution in [0.1, 0.15) is 36.8 Å². The number of benzene rings is 1. The Morgan fingerprint density at radius 2 is 2.09 bits per heavy atom. The number of carbonyl (C=O) groups is 1. The van der Waals surface area contributed by atoms with Crippen LogP contribution in [0.15, 0.2) is 29.4 Å². The van der Waals surface area contributed by atoms with Crippen LogP contribution >= 0.6 is 12.2 Å². The van der Waals surface area contributed by atoms with Gasteiger partial charge in [0.1, 0.15) is 0 Å². The second kappa shape index (κ2) is 11.2. The van der Waals surface area contributed by atoms with Gasteiger partial charge in [-0.1, -0.05) is 18.6 Å². The molecule has 0 fully saturated rings. The second-order valence-electron chi connectivity index (χ2n) is 4.75. The van der Waals surface area contributed by atoms with Crippen LogP contribution in [0.5, 0.6) is 0 Å². The molecule has 6 nitrogen and oxygen atoms in total. The Morgan fingerprint density at radius 3 is 2.74 bits per heavy atom. The fourth-order valence-electron chi connectivity index (χ4n) is 1.72. The molecular weight excluding hydrogens is 312 g/mol. The standard InChI is InChI=1S/C16H20N4O2S/c1-22-15(21)5-3-2-4-10-18-16(23)20-19-12-14-8-6-13(11-17)7-9-14/h6-9,12H,2-5,10H2,1H3,(H2,18,20,23)/b19-12-. The van der Waals surface area contributed by atoms with E-state index in [0.29, 0.717) is 17.1 Å². The van der Waals surface area contributed by atoms with Crippen LogP contribution in [-0.4, -0.2) is 31.0 Å². The Balaban J connectivity index is 2.13. The molecule has 0 amide bonds. The maximum Gasteiger partial charge on any atom is 0.305 e. The molecule has 0 unspecified atom stereocenters. The van der Waals surface area contributed by atoms with Gasteiger partial charge in [0.05, 0.1) is 25.0 Å². The number of ether oxygens (including phenoxy) is 1. The van der Waals surface area contributed by atoms with Gasteiger partial charge in [-0.05, 0) is 42.8 Å². The minimum Gasteiger partial charge on any atom is -0.469 e. The number of methoxy groups -OCH3 is 1. The van der Waals surface area contributed by atoms with E-state index >= 15 is 0 Å². The van der Waals surface area contributed by atoms with Gasteiger partial charge >= 0.3 is 5.97 Å². The van der Waals surface area contributed by atoms with E-state index in [9.17, 15) is 4.79 Å². The highest BCUT2D eigenvalue weighted by atomic mass is 32.1. The summed E-state index contributed by atoms with van der Waals surface area (Å²) in [5.74, 6) is -0.174. The van der Waals surface area contributed by atoms with Crippen molar-refractivity contribution in [3.63, 3.8) is 0 Å². The summed E-state index contributed by atoms with van der Waals surface area (Å²) in [6.45, 7) is 0.722. The van der Waals surface area contributed by atoms with Crippen molar-refractivity contribution in [2.45, 2.75) is 25.7 Å². The Bertz CT molecular complexity index is 579. The average molecular weight is 332 g/mol. The molecule has 0 radical (unpaired) electrons. The van der Waals surface area contributed by atoms with Crippen molar-refractivity contribution in [1.29, 1.82) is 5.26 Å². The Labute approximate surface area is 141 Å². The van der Waals surface area contributed by atoms with Crippen molar-refractivity contribution in [3.8, 4) is 6.07 Å². The lowest BCUT2D eigenvalue weighted by Crippen LogP contribution is -2.32. The smallest absolute Gasteiger partial charge is 0.305 e. The first-order chi connectivity index (χ1) is 11.2. The van der Waals surface area contributed by atoms with E-state index in [0.717, 1.165) is 31.4 Å². The molecule has 23 heavy (non-hydrogen) atoms. The molecule has 0 atom stereocenters. The molecule has 2 N–H and O–H groups in total. The van der Waals surface area contributed by atoms with Crippen LogP contribution in [0.25, 0.3) is 0 Å². The largest absolute Gasteiger partial charge is 0.469 e. The number of nitrogens with zero attached hydrogens (tertiary/aromatic N) is 2. The van der Waals surface area contributed by atoms with Gasteiger partial charge in [0, 0.05) is 13.0 Å². The van der Waals surface area contributed by atoms with Crippen molar-refractivity contribution in [2.75, 3.05) is 13.7 Å². The molecule has 0 saturated heterocycles. The van der Waals surface area contributed by atoms with Crippen molar-refractivity contribution < 1.29 is 9.53 Å². The molecule has 0 aliphatic rings. The zero-order chi connectivity index (χ0) is 16.9. The van der Waals surface area contributed by atoms with Crippen molar-refractivity contribution in [1.82, 2.24) is 10.7 Å². The van der Waals surface area contributed by atoms with E-state index < -0.39 is 0 Å². The third-order valence-corrected chi connectivity index (χ3v) is 3.23. The number of nitrogens with one attached hydrogen (secondary N) is 2. The molecule has 1 aromatic carbocycles. The summed E-state index contributed by atoms with van der Waals surface area (Å²) in [7, 11) is 1.40. The lowest BCUT2D eigenvalue weighted by Gasteiger charge is -2.06. The fraction of sp³-hybridized carbons (Fsp3) is 0.375. The number of nitriles is 1. The third-order valence-electron chi connectivity index (χ3n) is 2.99. The molecule has 1 aromatic rings. The van der Waals surface area contributed by atoms with Gasteiger partial charge in [-0.2, -0.15) is 10.4 Å². The second-order valence-corrected chi connectivity index (χ2v) is 5.15. The van der Waals surface area contributed by atoms with Crippen LogP contribution in [-0.2, 0) is 9.53 Å². The van der Waals surface area contributed by atoms with E-state index in [4.69, 9.17) is 17.5 Å². The first-order valence-electron chi connectivity index (χ1n) is 7.29. The van der Waals surface area contributed by atoms with Crippen LogP contribution in [0.4, 0.5) is 0 Å². The minimum atomic E-state index is -0.174. The molecular formula is C16H20N4O2S. The monoisotopic (exact) mass is 332 g/mol. The Morgan fingerprint density at radius 1 is 1.35 bits per heavy atom. The number of thiocarbonyl (C=S) groups is 1. The Hall–Kier alpha value is -2.46. The van der Waals surface area contributed by atoms with E-state index in [2.05, 4.69) is 26.7 Å². The predicted octanol–water partition coefficient (Wildman–Crippen LogP) is 2.09. The van der Waals surface area contributed by atoms with Crippen molar-refractivity contribution >= 4 is 29.5 Å². The topological polar surface area (TPSA) is 86.5 Å². The minimum absolute atomic E-state index is 0.174. The quantitative estimate of drug-likeness (QED) is 0.249. The van der Waals surface area contributed by atoms with Crippen LogP contribution in [0.2, 0.25) is 0 Å². The highest BCUT2D eigenvalue weighted by molar-refractivity contribution is 7.80. The Kier molecular flexibility index (Phi) is 9.01. The number of carbonyl (C=O) groups excluding carboxylic acids is 1. The van der Waals surface area contributed by atoms with Crippen LogP contribution < -0.4 is 10.7 Å². The van der Waals surface area contributed by atoms with Gasteiger partial charge in [0.25, 0.3) is 0 Å². The molecule has 1 rings (SSSR count). The normalized spacial score (nSPS) is 10.1. The molecule has 7 heteroatoms. The number of rotatable bonds is 8. The summed E-state index contributed by atoms with van der Waals surface area (Å²) >= 11 is 5.09. The van der Waals surface area contributed by atoms with Gasteiger partial charge in [-0.3, -0.25) is 10.2 Å². The SMILES string of the molecule is COC(=O)CCCCCNC(=S)N/N=C\c1ccc(C#N)cc1. The van der Waals surface area contributed by atoms with Gasteiger partial charge in [0.2, 0.25) is 0 Å². The van der Waals surface area contributed by atoms with E-state index in [1.54, 1.807) is 18.3 Å². The molecule has 0 heterocycles. The van der Waals surface area contributed by atoms with Crippen molar-refractivity contribution in [3.05, 3.63) is 35.4 Å². The lowest BCUT2D eigenvalue weighted by molar-refractivity contribution is -0.140. The van der Waals surface area contributed by atoms with Gasteiger partial charge in [-0.25, -0.2) is 0 Å². The molecule has 0 bridgehead atoms. The summed E-state index contributed by atoms with van der Waals surface area (Å²) in [5, 5.41) is 16.2. The molecule has 0 spiro atoms. The first-order valence-corrected chi connectivity index (χ1v) is 7.70. The number of hydrogen-bond donors (Lipinski definition) is 2.